The van der Waals surface area contributed by atoms with Gasteiger partial charge < -0.3 is 10.4 Å². The zero-order chi connectivity index (χ0) is 9.97. The van der Waals surface area contributed by atoms with Crippen molar-refractivity contribution in [2.24, 2.45) is 0 Å². The molecule has 2 N–H and O–H groups in total. The minimum atomic E-state index is -0.814. The van der Waals surface area contributed by atoms with Crippen LogP contribution in [0, 0.1) is 0 Å². The largest absolute Gasteiger partial charge is 0.481 e. The van der Waals surface area contributed by atoms with Crippen molar-refractivity contribution in [1.29, 1.82) is 0 Å². The lowest BCUT2D eigenvalue weighted by molar-refractivity contribution is -0.136. The Morgan fingerprint density at radius 2 is 2.38 bits per heavy atom. The van der Waals surface area contributed by atoms with Crippen LogP contribution in [-0.4, -0.2) is 29.1 Å². The monoisotopic (exact) mass is 284 g/mol. The Balaban J connectivity index is 0.00000112. The molecule has 2 heterocycles. The van der Waals surface area contributed by atoms with Gasteiger partial charge in [0.2, 0.25) is 0 Å². The van der Waals surface area contributed by atoms with Crippen molar-refractivity contribution < 1.29 is 9.90 Å². The van der Waals surface area contributed by atoms with E-state index < -0.39 is 5.97 Å². The predicted octanol–water partition coefficient (Wildman–Crippen LogP) is 1.69. The number of carbonyl (C=O) groups is 1. The van der Waals surface area contributed by atoms with E-state index in [-0.39, 0.29) is 31.2 Å². The average Bonchev–Trinajstić information content (AvgIpc) is 2.69. The molecule has 0 aromatic carbocycles. The van der Waals surface area contributed by atoms with E-state index in [4.69, 9.17) is 5.11 Å². The molecule has 1 aromatic rings. The molecule has 1 unspecified atom stereocenters. The molecule has 16 heavy (non-hydrogen) atoms. The van der Waals surface area contributed by atoms with Crippen molar-refractivity contribution in [3.8, 4) is 0 Å². The molecule has 2 rings (SSSR count). The van der Waals surface area contributed by atoms with E-state index in [2.05, 4.69) is 10.3 Å². The topological polar surface area (TPSA) is 62.2 Å². The van der Waals surface area contributed by atoms with Crippen LogP contribution in [-0.2, 0) is 11.2 Å². The molecule has 1 aliphatic rings. The first-order chi connectivity index (χ1) is 6.75. The molecule has 1 aromatic heterocycles. The van der Waals surface area contributed by atoms with Gasteiger partial charge in [0.1, 0.15) is 0 Å². The fraction of sp³-hybridized carbons (Fsp3) is 0.556. The van der Waals surface area contributed by atoms with Gasteiger partial charge in [-0.05, 0) is 13.0 Å². The van der Waals surface area contributed by atoms with Gasteiger partial charge in [-0.2, -0.15) is 0 Å². The second-order valence-corrected chi connectivity index (χ2v) is 4.33. The van der Waals surface area contributed by atoms with Crippen LogP contribution < -0.4 is 5.32 Å². The molecule has 1 aliphatic heterocycles. The lowest BCUT2D eigenvalue weighted by Crippen LogP contribution is -2.08. The maximum absolute atomic E-state index is 10.5. The van der Waals surface area contributed by atoms with Crippen LogP contribution in [0.4, 0.5) is 0 Å². The zero-order valence-corrected chi connectivity index (χ0v) is 11.0. The number of carboxylic acids is 1. The highest BCUT2D eigenvalue weighted by Gasteiger charge is 2.19. The first kappa shape index (κ1) is 15.6. The Hall–Kier alpha value is -0.360. The van der Waals surface area contributed by atoms with Crippen molar-refractivity contribution in [1.82, 2.24) is 10.3 Å². The second kappa shape index (κ2) is 7.06. The van der Waals surface area contributed by atoms with Gasteiger partial charge in [-0.1, -0.05) is 0 Å². The number of nitrogens with zero attached hydrogens (tertiary/aromatic N) is 1. The minimum Gasteiger partial charge on any atom is -0.481 e. The van der Waals surface area contributed by atoms with E-state index in [1.165, 1.54) is 0 Å². The van der Waals surface area contributed by atoms with Gasteiger partial charge in [0.05, 0.1) is 17.1 Å². The summed E-state index contributed by atoms with van der Waals surface area (Å²) in [6.45, 7) is 2.01. The number of rotatable bonds is 3. The normalized spacial score (nSPS) is 18.6. The highest BCUT2D eigenvalue weighted by molar-refractivity contribution is 7.09. The quantitative estimate of drug-likeness (QED) is 0.887. The van der Waals surface area contributed by atoms with E-state index in [1.807, 2.05) is 5.38 Å². The third-order valence-electron chi connectivity index (χ3n) is 2.31. The summed E-state index contributed by atoms with van der Waals surface area (Å²) >= 11 is 1.57. The molecule has 0 saturated carbocycles. The number of aliphatic carboxylic acids is 1. The van der Waals surface area contributed by atoms with Crippen LogP contribution in [0.15, 0.2) is 5.38 Å². The Morgan fingerprint density at radius 3 is 2.94 bits per heavy atom. The van der Waals surface area contributed by atoms with Gasteiger partial charge in [0.15, 0.2) is 0 Å². The molecule has 0 radical (unpaired) electrons. The van der Waals surface area contributed by atoms with Gasteiger partial charge in [-0.25, -0.2) is 4.98 Å². The number of halogens is 2. The Bertz CT molecular complexity index is 340. The average molecular weight is 285 g/mol. The van der Waals surface area contributed by atoms with Crippen LogP contribution in [0.25, 0.3) is 0 Å². The molecule has 0 aliphatic carbocycles. The number of hydrogen-bond acceptors (Lipinski definition) is 4. The summed E-state index contributed by atoms with van der Waals surface area (Å²) in [6.07, 6.45) is 1.15. The lowest BCUT2D eigenvalue weighted by atomic mass is 10.1. The molecule has 1 atom stereocenters. The SMILES string of the molecule is Cl.Cl.O=C(O)Cc1csc(C2CCNC2)n1. The van der Waals surface area contributed by atoms with Gasteiger partial charge >= 0.3 is 5.97 Å². The second-order valence-electron chi connectivity index (χ2n) is 3.44. The van der Waals surface area contributed by atoms with E-state index in [0.717, 1.165) is 24.5 Å². The van der Waals surface area contributed by atoms with Gasteiger partial charge in [-0.3, -0.25) is 4.79 Å². The third kappa shape index (κ3) is 3.90. The lowest BCUT2D eigenvalue weighted by Gasteiger charge is -2.01. The summed E-state index contributed by atoms with van der Waals surface area (Å²) in [4.78, 5) is 14.8. The fourth-order valence-electron chi connectivity index (χ4n) is 1.61. The molecule has 1 fully saturated rings. The predicted molar refractivity (Wildman–Crippen MR) is 68.2 cm³/mol. The van der Waals surface area contributed by atoms with E-state index >= 15 is 0 Å². The number of hydrogen-bond donors (Lipinski definition) is 2. The van der Waals surface area contributed by atoms with Gasteiger partial charge in [-0.15, -0.1) is 36.2 Å². The number of thiazole rings is 1. The molecule has 0 spiro atoms. The molecule has 1 saturated heterocycles. The van der Waals surface area contributed by atoms with E-state index in [0.29, 0.717) is 11.6 Å². The Kier molecular flexibility index (Phi) is 6.90. The van der Waals surface area contributed by atoms with Gasteiger partial charge in [0.25, 0.3) is 0 Å². The Labute approximate surface area is 110 Å². The minimum absolute atomic E-state index is 0. The summed E-state index contributed by atoms with van der Waals surface area (Å²) in [5.74, 6) is -0.325. The maximum Gasteiger partial charge on any atom is 0.309 e. The zero-order valence-electron chi connectivity index (χ0n) is 8.51. The maximum atomic E-state index is 10.5. The Morgan fingerprint density at radius 1 is 1.62 bits per heavy atom. The van der Waals surface area contributed by atoms with Crippen LogP contribution >= 0.6 is 36.2 Å². The van der Waals surface area contributed by atoms with Crippen molar-refractivity contribution >= 4 is 42.1 Å². The van der Waals surface area contributed by atoms with Crippen LogP contribution in [0.5, 0.6) is 0 Å². The number of aromatic nitrogens is 1. The summed E-state index contributed by atoms with van der Waals surface area (Å²) in [5, 5.41) is 14.8. The summed E-state index contributed by atoms with van der Waals surface area (Å²) in [6, 6.07) is 0. The summed E-state index contributed by atoms with van der Waals surface area (Å²) < 4.78 is 0. The standard InChI is InChI=1S/C9H12N2O2S.2ClH/c12-8(13)3-7-5-14-9(11-7)6-1-2-10-4-6;;/h5-6,10H,1-4H2,(H,12,13);2*1H. The van der Waals surface area contributed by atoms with Crippen molar-refractivity contribution in [2.75, 3.05) is 13.1 Å². The van der Waals surface area contributed by atoms with Crippen LogP contribution in [0.1, 0.15) is 23.0 Å². The molecule has 7 heteroatoms. The molecule has 0 bridgehead atoms. The molecule has 0 amide bonds. The molecule has 4 nitrogen and oxygen atoms in total. The summed E-state index contributed by atoms with van der Waals surface area (Å²) in [7, 11) is 0. The highest BCUT2D eigenvalue weighted by atomic mass is 35.5. The highest BCUT2D eigenvalue weighted by Crippen LogP contribution is 2.25. The fourth-order valence-corrected chi connectivity index (χ4v) is 2.57. The third-order valence-corrected chi connectivity index (χ3v) is 3.37. The number of carboxylic acid groups (broad SMARTS) is 1. The molecular weight excluding hydrogens is 271 g/mol. The van der Waals surface area contributed by atoms with Crippen molar-refractivity contribution in [2.45, 2.75) is 18.8 Å². The summed E-state index contributed by atoms with van der Waals surface area (Å²) in [5.41, 5.74) is 0.685. The number of nitrogens with one attached hydrogen (secondary N) is 1. The van der Waals surface area contributed by atoms with E-state index in [1.54, 1.807) is 11.3 Å². The van der Waals surface area contributed by atoms with Gasteiger partial charge in [0, 0.05) is 17.8 Å². The first-order valence-corrected chi connectivity index (χ1v) is 5.50. The van der Waals surface area contributed by atoms with Crippen molar-refractivity contribution in [3.63, 3.8) is 0 Å². The first-order valence-electron chi connectivity index (χ1n) is 4.62. The van der Waals surface area contributed by atoms with Crippen LogP contribution in [0.2, 0.25) is 0 Å². The van der Waals surface area contributed by atoms with Crippen molar-refractivity contribution in [3.05, 3.63) is 16.1 Å². The molecule has 92 valence electrons. The molecular formula is C9H14Cl2N2O2S. The smallest absolute Gasteiger partial charge is 0.309 e. The van der Waals surface area contributed by atoms with E-state index in [9.17, 15) is 4.79 Å². The van der Waals surface area contributed by atoms with Crippen LogP contribution in [0.3, 0.4) is 0 Å².